The van der Waals surface area contributed by atoms with Gasteiger partial charge in [-0.25, -0.2) is 4.79 Å². The molecule has 6 nitrogen and oxygen atoms in total. The fourth-order valence-electron chi connectivity index (χ4n) is 1.30. The smallest absolute Gasteiger partial charge is 0.337 e. The Kier molecular flexibility index (Phi) is 3.19. The molecule has 16 heavy (non-hydrogen) atoms. The van der Waals surface area contributed by atoms with Crippen molar-refractivity contribution in [1.29, 1.82) is 0 Å². The highest BCUT2D eigenvalue weighted by molar-refractivity contribution is 5.76. The highest BCUT2D eigenvalue weighted by atomic mass is 19.1. The van der Waals surface area contributed by atoms with Gasteiger partial charge in [0.2, 0.25) is 5.82 Å². The van der Waals surface area contributed by atoms with Crippen LogP contribution in [0.2, 0.25) is 0 Å². The lowest BCUT2D eigenvalue weighted by Crippen LogP contribution is -2.13. The van der Waals surface area contributed by atoms with Gasteiger partial charge in [0.15, 0.2) is 6.10 Å². The Labute approximate surface area is 89.1 Å². The standard InChI is InChI=1S/C9H8FNO5/c1-4-2-5(8(12)9(13)14)7(11(15)16)6(10)3-4/h2-3,8,12H,1H3,(H,13,14). The molecule has 0 aliphatic rings. The van der Waals surface area contributed by atoms with Crippen molar-refractivity contribution in [3.05, 3.63) is 39.2 Å². The Balaban J connectivity index is 3.46. The summed E-state index contributed by atoms with van der Waals surface area (Å²) >= 11 is 0. The highest BCUT2D eigenvalue weighted by Crippen LogP contribution is 2.29. The molecule has 7 heteroatoms. The summed E-state index contributed by atoms with van der Waals surface area (Å²) in [6.45, 7) is 1.44. The van der Waals surface area contributed by atoms with Crippen LogP contribution in [0, 0.1) is 22.9 Å². The summed E-state index contributed by atoms with van der Waals surface area (Å²) in [6.07, 6.45) is -2.12. The van der Waals surface area contributed by atoms with Gasteiger partial charge in [-0.2, -0.15) is 4.39 Å². The van der Waals surface area contributed by atoms with Crippen molar-refractivity contribution < 1.29 is 24.3 Å². The Morgan fingerprint density at radius 1 is 1.56 bits per heavy atom. The second-order valence-corrected chi connectivity index (χ2v) is 3.18. The molecule has 1 atom stereocenters. The maximum atomic E-state index is 13.2. The third-order valence-corrected chi connectivity index (χ3v) is 1.95. The monoisotopic (exact) mass is 229 g/mol. The van der Waals surface area contributed by atoms with Crippen molar-refractivity contribution >= 4 is 11.7 Å². The number of carboxylic acid groups (broad SMARTS) is 1. The first-order valence-electron chi connectivity index (χ1n) is 4.20. The van der Waals surface area contributed by atoms with Crippen molar-refractivity contribution in [2.75, 3.05) is 0 Å². The third-order valence-electron chi connectivity index (χ3n) is 1.95. The zero-order valence-electron chi connectivity index (χ0n) is 8.18. The van der Waals surface area contributed by atoms with Gasteiger partial charge in [-0.3, -0.25) is 10.1 Å². The number of aliphatic hydroxyl groups is 1. The van der Waals surface area contributed by atoms with Crippen molar-refractivity contribution in [3.63, 3.8) is 0 Å². The van der Waals surface area contributed by atoms with E-state index in [-0.39, 0.29) is 0 Å². The number of aliphatic carboxylic acids is 1. The Morgan fingerprint density at radius 2 is 2.12 bits per heavy atom. The molecular weight excluding hydrogens is 221 g/mol. The quantitative estimate of drug-likeness (QED) is 0.598. The number of aryl methyl sites for hydroxylation is 1. The summed E-state index contributed by atoms with van der Waals surface area (Å²) in [6, 6.07) is 1.97. The fourth-order valence-corrected chi connectivity index (χ4v) is 1.30. The zero-order chi connectivity index (χ0) is 12.5. The van der Waals surface area contributed by atoms with Gasteiger partial charge in [0.25, 0.3) is 0 Å². The Morgan fingerprint density at radius 3 is 2.56 bits per heavy atom. The van der Waals surface area contributed by atoms with E-state index in [4.69, 9.17) is 5.11 Å². The molecule has 0 bridgehead atoms. The molecule has 0 aliphatic heterocycles. The van der Waals surface area contributed by atoms with Crippen molar-refractivity contribution in [1.82, 2.24) is 0 Å². The van der Waals surface area contributed by atoms with Crippen LogP contribution in [-0.2, 0) is 4.79 Å². The van der Waals surface area contributed by atoms with E-state index in [1.54, 1.807) is 0 Å². The van der Waals surface area contributed by atoms with Crippen LogP contribution < -0.4 is 0 Å². The van der Waals surface area contributed by atoms with Crippen molar-refractivity contribution in [2.24, 2.45) is 0 Å². The summed E-state index contributed by atoms with van der Waals surface area (Å²) in [5, 5.41) is 28.3. The Hall–Kier alpha value is -2.02. The maximum absolute atomic E-state index is 13.2. The normalized spacial score (nSPS) is 12.2. The average Bonchev–Trinajstić information content (AvgIpc) is 2.14. The molecule has 0 saturated carbocycles. The summed E-state index contributed by atoms with van der Waals surface area (Å²) in [4.78, 5) is 20.0. The number of aliphatic hydroxyl groups excluding tert-OH is 1. The molecule has 0 aromatic heterocycles. The van der Waals surface area contributed by atoms with E-state index < -0.39 is 34.1 Å². The molecule has 1 aromatic carbocycles. The lowest BCUT2D eigenvalue weighted by atomic mass is 10.0. The Bertz CT molecular complexity index is 459. The maximum Gasteiger partial charge on any atom is 0.337 e. The van der Waals surface area contributed by atoms with E-state index in [1.165, 1.54) is 6.92 Å². The van der Waals surface area contributed by atoms with Crippen LogP contribution in [-0.4, -0.2) is 21.1 Å². The van der Waals surface area contributed by atoms with Gasteiger partial charge in [-0.1, -0.05) is 0 Å². The summed E-state index contributed by atoms with van der Waals surface area (Å²) in [5.74, 6) is -2.84. The van der Waals surface area contributed by atoms with Gasteiger partial charge >= 0.3 is 11.7 Å². The molecule has 0 amide bonds. The summed E-state index contributed by atoms with van der Waals surface area (Å²) in [5.41, 5.74) is -1.28. The largest absolute Gasteiger partial charge is 0.479 e. The van der Waals surface area contributed by atoms with Gasteiger partial charge in [-0.05, 0) is 24.6 Å². The van der Waals surface area contributed by atoms with Crippen molar-refractivity contribution in [2.45, 2.75) is 13.0 Å². The van der Waals surface area contributed by atoms with E-state index in [0.717, 1.165) is 12.1 Å². The second-order valence-electron chi connectivity index (χ2n) is 3.18. The molecule has 0 spiro atoms. The number of nitro groups is 1. The number of carbonyl (C=O) groups is 1. The third kappa shape index (κ3) is 2.14. The van der Waals surface area contributed by atoms with Gasteiger partial charge in [0.1, 0.15) is 0 Å². The minimum absolute atomic E-state index is 0.290. The number of hydrogen-bond donors (Lipinski definition) is 2. The first-order valence-corrected chi connectivity index (χ1v) is 4.20. The predicted molar refractivity (Wildman–Crippen MR) is 50.4 cm³/mol. The fraction of sp³-hybridized carbons (Fsp3) is 0.222. The molecule has 2 N–H and O–H groups in total. The minimum Gasteiger partial charge on any atom is -0.479 e. The van der Waals surface area contributed by atoms with Crippen molar-refractivity contribution in [3.8, 4) is 0 Å². The lowest BCUT2D eigenvalue weighted by Gasteiger charge is -2.08. The first-order chi connectivity index (χ1) is 7.34. The lowest BCUT2D eigenvalue weighted by molar-refractivity contribution is -0.388. The number of nitro benzene ring substituents is 1. The van der Waals surface area contributed by atoms with Gasteiger partial charge in [0, 0.05) is 0 Å². The molecule has 1 unspecified atom stereocenters. The van der Waals surface area contributed by atoms with E-state index >= 15 is 0 Å². The molecule has 0 radical (unpaired) electrons. The topological polar surface area (TPSA) is 101 Å². The predicted octanol–water partition coefficient (Wildman–Crippen LogP) is 1.16. The summed E-state index contributed by atoms with van der Waals surface area (Å²) < 4.78 is 13.2. The van der Waals surface area contributed by atoms with Gasteiger partial charge in [0.05, 0.1) is 10.5 Å². The molecule has 0 fully saturated rings. The van der Waals surface area contributed by atoms with Crippen LogP contribution in [0.4, 0.5) is 10.1 Å². The van der Waals surface area contributed by atoms with Crippen LogP contribution in [0.1, 0.15) is 17.2 Å². The van der Waals surface area contributed by atoms with Gasteiger partial charge in [-0.15, -0.1) is 0 Å². The molecular formula is C9H8FNO5. The minimum atomic E-state index is -2.12. The molecule has 86 valence electrons. The van der Waals surface area contributed by atoms with Gasteiger partial charge < -0.3 is 10.2 Å². The number of nitrogens with zero attached hydrogens (tertiary/aromatic N) is 1. The van der Waals surface area contributed by atoms with E-state index in [2.05, 4.69) is 0 Å². The number of benzene rings is 1. The SMILES string of the molecule is Cc1cc(F)c([N+](=O)[O-])c(C(O)C(=O)O)c1. The molecule has 0 heterocycles. The summed E-state index contributed by atoms with van der Waals surface area (Å²) in [7, 11) is 0. The molecule has 1 aromatic rings. The molecule has 1 rings (SSSR count). The number of carboxylic acids is 1. The first kappa shape index (κ1) is 12.1. The highest BCUT2D eigenvalue weighted by Gasteiger charge is 2.29. The zero-order valence-corrected chi connectivity index (χ0v) is 8.18. The number of rotatable bonds is 3. The van der Waals surface area contributed by atoms with Crippen LogP contribution in [0.15, 0.2) is 12.1 Å². The second kappa shape index (κ2) is 4.23. The van der Waals surface area contributed by atoms with E-state index in [0.29, 0.717) is 5.56 Å². The van der Waals surface area contributed by atoms with Crippen LogP contribution in [0.25, 0.3) is 0 Å². The molecule has 0 aliphatic carbocycles. The van der Waals surface area contributed by atoms with Crippen LogP contribution in [0.3, 0.4) is 0 Å². The van der Waals surface area contributed by atoms with Crippen LogP contribution in [0.5, 0.6) is 0 Å². The molecule has 0 saturated heterocycles. The van der Waals surface area contributed by atoms with Crippen LogP contribution >= 0.6 is 0 Å². The average molecular weight is 229 g/mol. The van der Waals surface area contributed by atoms with E-state index in [1.807, 2.05) is 0 Å². The van der Waals surface area contributed by atoms with E-state index in [9.17, 15) is 24.4 Å². The number of hydrogen-bond acceptors (Lipinski definition) is 4. The number of halogens is 1.